The minimum absolute atomic E-state index is 0.218. The second-order valence-corrected chi connectivity index (χ2v) is 5.11. The summed E-state index contributed by atoms with van der Waals surface area (Å²) < 4.78 is 38.3. The molecule has 0 saturated heterocycles. The monoisotopic (exact) mass is 360 g/mol. The van der Waals surface area contributed by atoms with E-state index < -0.39 is 38.6 Å². The SMILES string of the molecule is O=[N+]([O-])c1cc(C(F)(F)F)cc([N+](=O)[O-])c1N/N=C\c1ccsc1. The number of benzene rings is 1. The van der Waals surface area contributed by atoms with Crippen LogP contribution in [0.25, 0.3) is 0 Å². The summed E-state index contributed by atoms with van der Waals surface area (Å²) in [5.41, 5.74) is -1.72. The van der Waals surface area contributed by atoms with Gasteiger partial charge in [0.05, 0.1) is 21.6 Å². The van der Waals surface area contributed by atoms with Crippen molar-refractivity contribution < 1.29 is 23.0 Å². The van der Waals surface area contributed by atoms with Crippen LogP contribution in [0, 0.1) is 20.2 Å². The van der Waals surface area contributed by atoms with Gasteiger partial charge in [-0.2, -0.15) is 29.6 Å². The third kappa shape index (κ3) is 3.84. The Balaban J connectivity index is 2.51. The highest BCUT2D eigenvalue weighted by molar-refractivity contribution is 7.08. The molecule has 2 rings (SSSR count). The molecule has 0 amide bonds. The molecule has 0 fully saturated rings. The average Bonchev–Trinajstić information content (AvgIpc) is 2.98. The first-order valence-electron chi connectivity index (χ1n) is 6.05. The molecule has 0 aliphatic rings. The van der Waals surface area contributed by atoms with Crippen LogP contribution in [0.5, 0.6) is 0 Å². The second kappa shape index (κ2) is 6.62. The molecule has 12 heteroatoms. The first kappa shape index (κ1) is 17.3. The predicted molar refractivity (Wildman–Crippen MR) is 80.3 cm³/mol. The summed E-state index contributed by atoms with van der Waals surface area (Å²) in [6, 6.07) is 2.09. The lowest BCUT2D eigenvalue weighted by atomic mass is 10.1. The van der Waals surface area contributed by atoms with Crippen molar-refractivity contribution in [3.8, 4) is 0 Å². The van der Waals surface area contributed by atoms with E-state index in [2.05, 4.69) is 10.5 Å². The fourth-order valence-corrected chi connectivity index (χ4v) is 2.31. The zero-order chi connectivity index (χ0) is 17.9. The number of anilines is 1. The standard InChI is InChI=1S/C12H7F3N4O4S/c13-12(14,15)8-3-9(18(20)21)11(10(4-8)19(22)23)17-16-5-7-1-2-24-6-7/h1-6,17H/b16-5-. The average molecular weight is 360 g/mol. The van der Waals surface area contributed by atoms with Gasteiger partial charge in [0.1, 0.15) is 0 Å². The van der Waals surface area contributed by atoms with Crippen molar-refractivity contribution in [3.63, 3.8) is 0 Å². The summed E-state index contributed by atoms with van der Waals surface area (Å²) in [6.45, 7) is 0. The molecule has 1 heterocycles. The van der Waals surface area contributed by atoms with Gasteiger partial charge < -0.3 is 0 Å². The molecule has 24 heavy (non-hydrogen) atoms. The molecule has 0 radical (unpaired) electrons. The number of alkyl halides is 3. The molecule has 1 N–H and O–H groups in total. The molecule has 0 saturated carbocycles. The molecule has 1 aromatic heterocycles. The number of hydrogen-bond donors (Lipinski definition) is 1. The molecule has 1 aromatic carbocycles. The van der Waals surface area contributed by atoms with Gasteiger partial charge in [0, 0.05) is 17.7 Å². The molecule has 8 nitrogen and oxygen atoms in total. The van der Waals surface area contributed by atoms with E-state index in [1.54, 1.807) is 16.8 Å². The van der Waals surface area contributed by atoms with E-state index in [4.69, 9.17) is 0 Å². The van der Waals surface area contributed by atoms with Crippen LogP contribution in [-0.2, 0) is 6.18 Å². The third-order valence-electron chi connectivity index (χ3n) is 2.75. The number of nitrogens with one attached hydrogen (secondary N) is 1. The predicted octanol–water partition coefficient (Wildman–Crippen LogP) is 4.03. The molecule has 0 unspecified atom stereocenters. The lowest BCUT2D eigenvalue weighted by Crippen LogP contribution is -2.09. The van der Waals surface area contributed by atoms with E-state index in [0.29, 0.717) is 5.56 Å². The van der Waals surface area contributed by atoms with Crippen LogP contribution in [0.4, 0.5) is 30.2 Å². The zero-order valence-corrected chi connectivity index (χ0v) is 12.3. The van der Waals surface area contributed by atoms with Gasteiger partial charge in [0.15, 0.2) is 0 Å². The van der Waals surface area contributed by atoms with E-state index in [1.165, 1.54) is 17.6 Å². The molecular formula is C12H7F3N4O4S. The Hall–Kier alpha value is -3.02. The zero-order valence-electron chi connectivity index (χ0n) is 11.5. The second-order valence-electron chi connectivity index (χ2n) is 4.33. The highest BCUT2D eigenvalue weighted by atomic mass is 32.1. The Morgan fingerprint density at radius 3 is 2.17 bits per heavy atom. The van der Waals surface area contributed by atoms with Gasteiger partial charge in [-0.3, -0.25) is 25.7 Å². The van der Waals surface area contributed by atoms with Gasteiger partial charge >= 0.3 is 17.6 Å². The number of hydrazone groups is 1. The van der Waals surface area contributed by atoms with Crippen molar-refractivity contribution in [2.45, 2.75) is 6.18 Å². The van der Waals surface area contributed by atoms with Crippen LogP contribution in [0.2, 0.25) is 0 Å². The van der Waals surface area contributed by atoms with Crippen molar-refractivity contribution in [1.82, 2.24) is 0 Å². The van der Waals surface area contributed by atoms with Crippen molar-refractivity contribution in [3.05, 3.63) is 60.3 Å². The molecule has 0 atom stereocenters. The fraction of sp³-hybridized carbons (Fsp3) is 0.0833. The first-order chi connectivity index (χ1) is 11.2. The maximum Gasteiger partial charge on any atom is 0.416 e. The summed E-state index contributed by atoms with van der Waals surface area (Å²) in [6.07, 6.45) is -3.74. The van der Waals surface area contributed by atoms with Crippen LogP contribution in [0.15, 0.2) is 34.1 Å². The van der Waals surface area contributed by atoms with Gasteiger partial charge in [0.25, 0.3) is 0 Å². The van der Waals surface area contributed by atoms with Crippen LogP contribution < -0.4 is 5.43 Å². The van der Waals surface area contributed by atoms with Crippen LogP contribution >= 0.6 is 11.3 Å². The lowest BCUT2D eigenvalue weighted by Gasteiger charge is -2.09. The lowest BCUT2D eigenvalue weighted by molar-refractivity contribution is -0.392. The maximum absolute atomic E-state index is 12.8. The molecular weight excluding hydrogens is 353 g/mol. The Bertz CT molecular complexity index is 770. The number of nitro groups is 2. The van der Waals surface area contributed by atoms with Gasteiger partial charge in [-0.1, -0.05) is 0 Å². The summed E-state index contributed by atoms with van der Waals surface area (Å²) in [7, 11) is 0. The minimum Gasteiger partial charge on any atom is -0.266 e. The Morgan fingerprint density at radius 2 is 1.75 bits per heavy atom. The maximum atomic E-state index is 12.8. The highest BCUT2D eigenvalue weighted by Crippen LogP contribution is 2.41. The van der Waals surface area contributed by atoms with Crippen LogP contribution in [0.3, 0.4) is 0 Å². The number of thiophene rings is 1. The van der Waals surface area contributed by atoms with Crippen molar-refractivity contribution in [2.75, 3.05) is 5.43 Å². The Kier molecular flexibility index (Phi) is 4.78. The topological polar surface area (TPSA) is 111 Å². The molecule has 2 aromatic rings. The van der Waals surface area contributed by atoms with Crippen molar-refractivity contribution >= 4 is 34.6 Å². The van der Waals surface area contributed by atoms with Crippen molar-refractivity contribution in [1.29, 1.82) is 0 Å². The number of nitro benzene ring substituents is 2. The number of rotatable bonds is 5. The van der Waals surface area contributed by atoms with E-state index in [-0.39, 0.29) is 12.1 Å². The summed E-state index contributed by atoms with van der Waals surface area (Å²) in [5.74, 6) is 0. The summed E-state index contributed by atoms with van der Waals surface area (Å²) >= 11 is 1.35. The minimum atomic E-state index is -4.96. The number of hydrogen-bond acceptors (Lipinski definition) is 7. The molecule has 0 bridgehead atoms. The fourth-order valence-electron chi connectivity index (χ4n) is 1.70. The van der Waals surface area contributed by atoms with Crippen molar-refractivity contribution in [2.24, 2.45) is 5.10 Å². The Morgan fingerprint density at radius 1 is 1.17 bits per heavy atom. The molecule has 0 spiro atoms. The van der Waals surface area contributed by atoms with E-state index in [9.17, 15) is 33.4 Å². The van der Waals surface area contributed by atoms with Gasteiger partial charge in [-0.05, 0) is 16.8 Å². The van der Waals surface area contributed by atoms with E-state index in [1.807, 2.05) is 0 Å². The van der Waals surface area contributed by atoms with Gasteiger partial charge in [-0.25, -0.2) is 0 Å². The van der Waals surface area contributed by atoms with Crippen LogP contribution in [0.1, 0.15) is 11.1 Å². The van der Waals surface area contributed by atoms with E-state index >= 15 is 0 Å². The Labute approximate surface area is 135 Å². The largest absolute Gasteiger partial charge is 0.416 e. The van der Waals surface area contributed by atoms with E-state index in [0.717, 1.165) is 0 Å². The summed E-state index contributed by atoms with van der Waals surface area (Å²) in [5, 5.41) is 29.0. The normalized spacial score (nSPS) is 11.6. The molecule has 126 valence electrons. The molecule has 0 aliphatic carbocycles. The number of halogens is 3. The molecule has 0 aliphatic heterocycles. The highest BCUT2D eigenvalue weighted by Gasteiger charge is 2.37. The van der Waals surface area contributed by atoms with Gasteiger partial charge in [0.2, 0.25) is 5.69 Å². The summed E-state index contributed by atoms with van der Waals surface area (Å²) in [4.78, 5) is 19.7. The van der Waals surface area contributed by atoms with Crippen LogP contribution in [-0.4, -0.2) is 16.1 Å². The third-order valence-corrected chi connectivity index (χ3v) is 3.45. The first-order valence-corrected chi connectivity index (χ1v) is 6.99. The van der Waals surface area contributed by atoms with Gasteiger partial charge in [-0.15, -0.1) is 0 Å². The quantitative estimate of drug-likeness (QED) is 0.492. The number of nitrogens with zero attached hydrogens (tertiary/aromatic N) is 3. The smallest absolute Gasteiger partial charge is 0.266 e.